The monoisotopic (exact) mass is 271 g/mol. The first-order valence-corrected chi connectivity index (χ1v) is 5.90. The molecular formula is C13H13N5O2. The van der Waals surface area contributed by atoms with Crippen LogP contribution in [0.1, 0.15) is 11.1 Å². The van der Waals surface area contributed by atoms with Gasteiger partial charge in [0.05, 0.1) is 0 Å². The van der Waals surface area contributed by atoms with Crippen LogP contribution >= 0.6 is 0 Å². The standard InChI is InChI=1S/C13H13N5O2/c1-10-7-11(3-2-6-19)4-5-12(10)15-13(20)8-18-9-14-16-17-18/h4-5,7,9,19H,6,8H2,1H3,(H,15,20). The molecule has 7 nitrogen and oxygen atoms in total. The zero-order chi connectivity index (χ0) is 14.4. The number of aromatic nitrogens is 4. The average molecular weight is 271 g/mol. The summed E-state index contributed by atoms with van der Waals surface area (Å²) in [6.45, 7) is 1.75. The summed E-state index contributed by atoms with van der Waals surface area (Å²) in [7, 11) is 0. The number of aliphatic hydroxyl groups is 1. The van der Waals surface area contributed by atoms with Crippen molar-refractivity contribution in [3.05, 3.63) is 35.7 Å². The van der Waals surface area contributed by atoms with Gasteiger partial charge in [-0.3, -0.25) is 4.79 Å². The number of carbonyl (C=O) groups is 1. The fraction of sp³-hybridized carbons (Fsp3) is 0.231. The van der Waals surface area contributed by atoms with Crippen molar-refractivity contribution in [2.24, 2.45) is 0 Å². The number of aliphatic hydroxyl groups excluding tert-OH is 1. The number of nitrogens with one attached hydrogen (secondary N) is 1. The van der Waals surface area contributed by atoms with Crippen LogP contribution < -0.4 is 5.32 Å². The molecule has 0 spiro atoms. The number of rotatable bonds is 3. The van der Waals surface area contributed by atoms with Crippen LogP contribution in [-0.2, 0) is 11.3 Å². The van der Waals surface area contributed by atoms with Crippen molar-refractivity contribution < 1.29 is 9.90 Å². The zero-order valence-corrected chi connectivity index (χ0v) is 10.9. The number of hydrogen-bond donors (Lipinski definition) is 2. The van der Waals surface area contributed by atoms with Gasteiger partial charge in [0.1, 0.15) is 19.5 Å². The number of carbonyl (C=O) groups excluding carboxylic acids is 1. The van der Waals surface area contributed by atoms with E-state index in [-0.39, 0.29) is 19.1 Å². The molecule has 0 aliphatic rings. The van der Waals surface area contributed by atoms with Crippen molar-refractivity contribution in [2.75, 3.05) is 11.9 Å². The lowest BCUT2D eigenvalue weighted by molar-refractivity contribution is -0.116. The molecule has 0 saturated carbocycles. The topological polar surface area (TPSA) is 92.9 Å². The van der Waals surface area contributed by atoms with Gasteiger partial charge in [-0.15, -0.1) is 5.10 Å². The van der Waals surface area contributed by atoms with Crippen LogP contribution in [-0.4, -0.2) is 37.8 Å². The van der Waals surface area contributed by atoms with Crippen LogP contribution in [0.3, 0.4) is 0 Å². The Morgan fingerprint density at radius 2 is 2.35 bits per heavy atom. The van der Waals surface area contributed by atoms with Gasteiger partial charge in [-0.05, 0) is 41.1 Å². The maximum Gasteiger partial charge on any atom is 0.246 e. The maximum atomic E-state index is 11.8. The second-order valence-corrected chi connectivity index (χ2v) is 4.05. The Hall–Kier alpha value is -2.72. The second-order valence-electron chi connectivity index (χ2n) is 4.05. The molecule has 1 amide bonds. The van der Waals surface area contributed by atoms with E-state index in [0.29, 0.717) is 5.69 Å². The van der Waals surface area contributed by atoms with Crippen molar-refractivity contribution in [2.45, 2.75) is 13.5 Å². The minimum Gasteiger partial charge on any atom is -0.384 e. The molecular weight excluding hydrogens is 258 g/mol. The van der Waals surface area contributed by atoms with Crippen LogP contribution in [0.4, 0.5) is 5.69 Å². The van der Waals surface area contributed by atoms with Crippen LogP contribution in [0.2, 0.25) is 0 Å². The van der Waals surface area contributed by atoms with E-state index in [1.807, 2.05) is 13.0 Å². The van der Waals surface area contributed by atoms with Gasteiger partial charge in [0.25, 0.3) is 0 Å². The highest BCUT2D eigenvalue weighted by Crippen LogP contribution is 2.16. The molecule has 2 aromatic rings. The molecule has 0 aliphatic heterocycles. The summed E-state index contributed by atoms with van der Waals surface area (Å²) >= 11 is 0. The van der Waals surface area contributed by atoms with Gasteiger partial charge in [0, 0.05) is 11.3 Å². The average Bonchev–Trinajstić information content (AvgIpc) is 2.92. The molecule has 2 N–H and O–H groups in total. The van der Waals surface area contributed by atoms with Crippen LogP contribution in [0.25, 0.3) is 0 Å². The van der Waals surface area contributed by atoms with E-state index in [9.17, 15) is 4.79 Å². The third kappa shape index (κ3) is 3.63. The van der Waals surface area contributed by atoms with Crippen LogP contribution in [0.15, 0.2) is 24.5 Å². The molecule has 1 aromatic carbocycles. The van der Waals surface area contributed by atoms with Crippen LogP contribution in [0.5, 0.6) is 0 Å². The van der Waals surface area contributed by atoms with Gasteiger partial charge in [-0.25, -0.2) is 4.68 Å². The third-order valence-electron chi connectivity index (χ3n) is 2.51. The predicted molar refractivity (Wildman–Crippen MR) is 71.6 cm³/mol. The van der Waals surface area contributed by atoms with Crippen molar-refractivity contribution in [3.63, 3.8) is 0 Å². The lowest BCUT2D eigenvalue weighted by Gasteiger charge is -2.08. The molecule has 0 saturated heterocycles. The predicted octanol–water partition coefficient (Wildman–Crippen LogP) is -0.0360. The molecule has 0 fully saturated rings. The number of anilines is 1. The van der Waals surface area contributed by atoms with E-state index in [1.165, 1.54) is 11.0 Å². The highest BCUT2D eigenvalue weighted by Gasteiger charge is 2.06. The highest BCUT2D eigenvalue weighted by atomic mass is 16.2. The SMILES string of the molecule is Cc1cc(C#CCO)ccc1NC(=O)Cn1cnnn1. The summed E-state index contributed by atoms with van der Waals surface area (Å²) in [6, 6.07) is 5.39. The van der Waals surface area contributed by atoms with Gasteiger partial charge in [-0.2, -0.15) is 0 Å². The summed E-state index contributed by atoms with van der Waals surface area (Å²) in [4.78, 5) is 11.8. The Bertz CT molecular complexity index is 655. The number of tetrazole rings is 1. The summed E-state index contributed by atoms with van der Waals surface area (Å²) in [5, 5.41) is 22.0. The molecule has 1 aromatic heterocycles. The quantitative estimate of drug-likeness (QED) is 0.764. The molecule has 2 rings (SSSR count). The van der Waals surface area contributed by atoms with Crippen LogP contribution in [0, 0.1) is 18.8 Å². The van der Waals surface area contributed by atoms with Crippen molar-refractivity contribution in [1.29, 1.82) is 0 Å². The second kappa shape index (κ2) is 6.45. The normalized spacial score (nSPS) is 9.70. The maximum absolute atomic E-state index is 11.8. The summed E-state index contributed by atoms with van der Waals surface area (Å²) in [5.41, 5.74) is 2.38. The molecule has 0 aliphatic carbocycles. The highest BCUT2D eigenvalue weighted by molar-refractivity contribution is 5.91. The minimum absolute atomic E-state index is 0.0541. The van der Waals surface area contributed by atoms with Crippen molar-refractivity contribution in [3.8, 4) is 11.8 Å². The lowest BCUT2D eigenvalue weighted by atomic mass is 10.1. The number of benzene rings is 1. The van der Waals surface area contributed by atoms with Gasteiger partial charge >= 0.3 is 0 Å². The van der Waals surface area contributed by atoms with Gasteiger partial charge in [0.2, 0.25) is 5.91 Å². The zero-order valence-electron chi connectivity index (χ0n) is 10.9. The smallest absolute Gasteiger partial charge is 0.246 e. The summed E-state index contributed by atoms with van der Waals surface area (Å²) < 4.78 is 1.34. The molecule has 7 heteroatoms. The van der Waals surface area contributed by atoms with E-state index in [0.717, 1.165) is 11.1 Å². The summed E-state index contributed by atoms with van der Waals surface area (Å²) in [5.74, 6) is 5.17. The molecule has 0 atom stereocenters. The van der Waals surface area contributed by atoms with E-state index in [4.69, 9.17) is 5.11 Å². The van der Waals surface area contributed by atoms with Gasteiger partial charge in [-0.1, -0.05) is 11.8 Å². The van der Waals surface area contributed by atoms with Gasteiger partial charge < -0.3 is 10.4 Å². The Morgan fingerprint density at radius 3 is 3.00 bits per heavy atom. The Balaban J connectivity index is 2.04. The first-order chi connectivity index (χ1) is 9.69. The largest absolute Gasteiger partial charge is 0.384 e. The van der Waals surface area contributed by atoms with E-state index in [1.54, 1.807) is 12.1 Å². The molecule has 20 heavy (non-hydrogen) atoms. The molecule has 102 valence electrons. The fourth-order valence-electron chi connectivity index (χ4n) is 1.61. The van der Waals surface area contributed by atoms with E-state index in [2.05, 4.69) is 32.7 Å². The summed E-state index contributed by atoms with van der Waals surface area (Å²) in [6.07, 6.45) is 1.38. The minimum atomic E-state index is -0.213. The first-order valence-electron chi connectivity index (χ1n) is 5.90. The Morgan fingerprint density at radius 1 is 1.50 bits per heavy atom. The lowest BCUT2D eigenvalue weighted by Crippen LogP contribution is -2.19. The molecule has 1 heterocycles. The molecule has 0 unspecified atom stereocenters. The molecule has 0 bridgehead atoms. The number of hydrogen-bond acceptors (Lipinski definition) is 5. The number of amides is 1. The van der Waals surface area contributed by atoms with E-state index >= 15 is 0 Å². The number of aryl methyl sites for hydroxylation is 1. The Labute approximate surface area is 115 Å². The van der Waals surface area contributed by atoms with E-state index < -0.39 is 0 Å². The third-order valence-corrected chi connectivity index (χ3v) is 2.51. The fourth-order valence-corrected chi connectivity index (χ4v) is 1.61. The van der Waals surface area contributed by atoms with Gasteiger partial charge in [0.15, 0.2) is 0 Å². The Kier molecular flexibility index (Phi) is 4.42. The first kappa shape index (κ1) is 13.7. The molecule has 0 radical (unpaired) electrons. The van der Waals surface area contributed by atoms with Crippen molar-refractivity contribution >= 4 is 11.6 Å². The van der Waals surface area contributed by atoms with Crippen molar-refractivity contribution in [1.82, 2.24) is 20.2 Å². The number of nitrogens with zero attached hydrogens (tertiary/aromatic N) is 4.